The number of amidine groups is 1. The van der Waals surface area contributed by atoms with E-state index in [-0.39, 0.29) is 16.7 Å². The van der Waals surface area contributed by atoms with Crippen molar-refractivity contribution in [1.82, 2.24) is 5.32 Å². The van der Waals surface area contributed by atoms with E-state index in [0.29, 0.717) is 10.0 Å². The van der Waals surface area contributed by atoms with E-state index in [4.69, 9.17) is 4.74 Å². The van der Waals surface area contributed by atoms with E-state index in [1.807, 2.05) is 0 Å². The lowest BCUT2D eigenvalue weighted by Gasteiger charge is -2.06. The Bertz CT molecular complexity index is 707. The first-order valence-corrected chi connectivity index (χ1v) is 7.93. The Balaban J connectivity index is 2.12. The van der Waals surface area contributed by atoms with Gasteiger partial charge in [-0.15, -0.1) is 5.10 Å². The van der Waals surface area contributed by atoms with Crippen molar-refractivity contribution in [2.24, 2.45) is 10.2 Å². The fourth-order valence-corrected chi connectivity index (χ4v) is 3.09. The number of nitrogens with one attached hydrogen (secondary N) is 1. The lowest BCUT2D eigenvalue weighted by Crippen LogP contribution is -2.31. The summed E-state index contributed by atoms with van der Waals surface area (Å²) in [7, 11) is 1.42. The number of rotatable bonds is 5. The average Bonchev–Trinajstić information content (AvgIpc) is 2.81. The molecule has 0 bridgehead atoms. The first kappa shape index (κ1) is 17.3. The summed E-state index contributed by atoms with van der Waals surface area (Å²) in [4.78, 5) is 22.0. The Hall–Kier alpha value is -2.07. The number of thioether (sulfide) groups is 1. The molecule has 8 nitrogen and oxygen atoms in total. The van der Waals surface area contributed by atoms with Gasteiger partial charge in [0, 0.05) is 22.4 Å². The van der Waals surface area contributed by atoms with Crippen molar-refractivity contribution >= 4 is 51.0 Å². The molecule has 1 heterocycles. The molecule has 10 heteroatoms. The van der Waals surface area contributed by atoms with Gasteiger partial charge in [0.2, 0.25) is 5.91 Å². The molecule has 23 heavy (non-hydrogen) atoms. The summed E-state index contributed by atoms with van der Waals surface area (Å²) in [6.45, 7) is 0. The molecule has 0 spiro atoms. The van der Waals surface area contributed by atoms with Crippen LogP contribution in [0.5, 0.6) is 11.5 Å². The number of benzene rings is 1. The van der Waals surface area contributed by atoms with Gasteiger partial charge in [-0.05, 0) is 12.1 Å². The summed E-state index contributed by atoms with van der Waals surface area (Å²) in [5.74, 6) is -1.60. The summed E-state index contributed by atoms with van der Waals surface area (Å²) < 4.78 is 5.69. The standard InChI is InChI=1S/C13H12BrN3O5S/c1-22-8-3-7(14)2-6(11(8)20)5-15-17-13-16-12(21)9(23-13)4-10(18)19/h2-3,5,9,20H,4H2,1H3,(H,18,19)(H,16,17,21)/p-1/b15-5+/t9-/m1/s1. The number of amides is 1. The molecule has 0 saturated carbocycles. The number of aliphatic carboxylic acids is 1. The minimum Gasteiger partial charge on any atom is -0.550 e. The van der Waals surface area contributed by atoms with Gasteiger partial charge < -0.3 is 25.1 Å². The van der Waals surface area contributed by atoms with Crippen LogP contribution >= 0.6 is 27.7 Å². The van der Waals surface area contributed by atoms with E-state index in [2.05, 4.69) is 31.4 Å². The zero-order valence-electron chi connectivity index (χ0n) is 11.8. The molecular weight excluding hydrogens is 390 g/mol. The Kier molecular flexibility index (Phi) is 5.61. The van der Waals surface area contributed by atoms with Crippen molar-refractivity contribution in [2.45, 2.75) is 11.7 Å². The van der Waals surface area contributed by atoms with Crippen molar-refractivity contribution < 1.29 is 24.5 Å². The topological polar surface area (TPSA) is 123 Å². The summed E-state index contributed by atoms with van der Waals surface area (Å²) in [6.07, 6.45) is 0.886. The molecule has 1 aromatic rings. The minimum atomic E-state index is -1.31. The number of carbonyl (C=O) groups is 2. The summed E-state index contributed by atoms with van der Waals surface area (Å²) in [6, 6.07) is 3.21. The van der Waals surface area contributed by atoms with Gasteiger partial charge in [0.25, 0.3) is 0 Å². The molecule has 1 amide bonds. The third-order valence-corrected chi connectivity index (χ3v) is 4.29. The highest BCUT2D eigenvalue weighted by Crippen LogP contribution is 2.32. The zero-order chi connectivity index (χ0) is 17.0. The molecule has 1 aliphatic heterocycles. The number of nitrogens with zero attached hydrogens (tertiary/aromatic N) is 2. The predicted octanol–water partition coefficient (Wildman–Crippen LogP) is 0.225. The number of methoxy groups -OCH3 is 1. The van der Waals surface area contributed by atoms with Crippen LogP contribution in [0.1, 0.15) is 12.0 Å². The maximum Gasteiger partial charge on any atom is 0.239 e. The van der Waals surface area contributed by atoms with E-state index in [9.17, 15) is 19.8 Å². The molecule has 1 atom stereocenters. The molecule has 122 valence electrons. The first-order valence-electron chi connectivity index (χ1n) is 6.25. The maximum atomic E-state index is 11.5. The molecule has 1 aliphatic rings. The van der Waals surface area contributed by atoms with Crippen molar-refractivity contribution in [3.05, 3.63) is 22.2 Å². The normalized spacial score (nSPS) is 19.3. The number of aromatic hydroxyl groups is 1. The first-order chi connectivity index (χ1) is 10.9. The van der Waals surface area contributed by atoms with Crippen molar-refractivity contribution in [3.8, 4) is 11.5 Å². The van der Waals surface area contributed by atoms with Gasteiger partial charge in [0.15, 0.2) is 16.7 Å². The molecule has 1 fully saturated rings. The molecular formula is C13H11BrN3O5S-. The van der Waals surface area contributed by atoms with Crippen molar-refractivity contribution in [2.75, 3.05) is 7.11 Å². The smallest absolute Gasteiger partial charge is 0.239 e. The Morgan fingerprint density at radius 2 is 2.35 bits per heavy atom. The number of carboxylic acids is 1. The SMILES string of the molecule is COc1cc(Br)cc(/C=N/N=C2/NC(=O)[C@@H](CC(=O)[O-])S2)c1O. The number of hydrogen-bond donors (Lipinski definition) is 2. The summed E-state index contributed by atoms with van der Waals surface area (Å²) in [5.41, 5.74) is 0.362. The van der Waals surface area contributed by atoms with Crippen LogP contribution in [0.3, 0.4) is 0 Å². The van der Waals surface area contributed by atoms with Gasteiger partial charge in [-0.3, -0.25) is 4.79 Å². The largest absolute Gasteiger partial charge is 0.550 e. The Morgan fingerprint density at radius 3 is 3.00 bits per heavy atom. The van der Waals surface area contributed by atoms with E-state index >= 15 is 0 Å². The summed E-state index contributed by atoms with van der Waals surface area (Å²) >= 11 is 4.23. The van der Waals surface area contributed by atoms with Crippen molar-refractivity contribution in [1.29, 1.82) is 0 Å². The lowest BCUT2D eigenvalue weighted by molar-refractivity contribution is -0.305. The van der Waals surface area contributed by atoms with E-state index in [0.717, 1.165) is 11.8 Å². The fourth-order valence-electron chi connectivity index (χ4n) is 1.73. The molecule has 0 unspecified atom stereocenters. The highest BCUT2D eigenvalue weighted by Gasteiger charge is 2.30. The monoisotopic (exact) mass is 400 g/mol. The van der Waals surface area contributed by atoms with Gasteiger partial charge in [-0.25, -0.2) is 0 Å². The second kappa shape index (κ2) is 7.47. The molecule has 0 aromatic heterocycles. The number of phenolic OH excluding ortho intramolecular Hbond substituents is 1. The predicted molar refractivity (Wildman–Crippen MR) is 86.5 cm³/mol. The zero-order valence-corrected chi connectivity index (χ0v) is 14.2. The lowest BCUT2D eigenvalue weighted by atomic mass is 10.2. The number of ether oxygens (including phenoxy) is 1. The van der Waals surface area contributed by atoms with Crippen LogP contribution in [-0.2, 0) is 9.59 Å². The van der Waals surface area contributed by atoms with Crippen LogP contribution in [0.25, 0.3) is 0 Å². The second-order valence-corrected chi connectivity index (χ2v) is 6.47. The third-order valence-electron chi connectivity index (χ3n) is 2.76. The van der Waals surface area contributed by atoms with Crippen LogP contribution in [0.2, 0.25) is 0 Å². The molecule has 0 radical (unpaired) electrons. The van der Waals surface area contributed by atoms with Gasteiger partial charge in [-0.1, -0.05) is 27.7 Å². The molecule has 2 rings (SSSR count). The summed E-state index contributed by atoms with van der Waals surface area (Å²) in [5, 5.41) is 29.9. The number of hydrogen-bond acceptors (Lipinski definition) is 8. The number of carboxylic acid groups (broad SMARTS) is 1. The third kappa shape index (κ3) is 4.45. The number of halogens is 1. The quantitative estimate of drug-likeness (QED) is 0.538. The van der Waals surface area contributed by atoms with Crippen LogP contribution in [0.4, 0.5) is 0 Å². The van der Waals surface area contributed by atoms with E-state index in [1.165, 1.54) is 13.3 Å². The van der Waals surface area contributed by atoms with Gasteiger partial charge >= 0.3 is 0 Å². The maximum absolute atomic E-state index is 11.5. The van der Waals surface area contributed by atoms with Crippen LogP contribution < -0.4 is 15.2 Å². The van der Waals surface area contributed by atoms with Crippen LogP contribution in [0, 0.1) is 0 Å². The fraction of sp³-hybridized carbons (Fsp3) is 0.231. The highest BCUT2D eigenvalue weighted by molar-refractivity contribution is 9.10. The minimum absolute atomic E-state index is 0.0995. The number of carbonyl (C=O) groups excluding carboxylic acids is 2. The number of phenols is 1. The molecule has 1 aromatic carbocycles. The van der Waals surface area contributed by atoms with Gasteiger partial charge in [-0.2, -0.15) is 5.10 Å². The molecule has 1 saturated heterocycles. The van der Waals surface area contributed by atoms with E-state index < -0.39 is 23.5 Å². The highest BCUT2D eigenvalue weighted by atomic mass is 79.9. The van der Waals surface area contributed by atoms with Gasteiger partial charge in [0.05, 0.1) is 18.6 Å². The van der Waals surface area contributed by atoms with Crippen LogP contribution in [-0.4, -0.2) is 40.7 Å². The molecule has 2 N–H and O–H groups in total. The Labute approximate surface area is 143 Å². The Morgan fingerprint density at radius 1 is 1.61 bits per heavy atom. The average molecular weight is 401 g/mol. The molecule has 0 aliphatic carbocycles. The van der Waals surface area contributed by atoms with E-state index in [1.54, 1.807) is 12.1 Å². The second-order valence-electron chi connectivity index (χ2n) is 4.37. The van der Waals surface area contributed by atoms with Crippen LogP contribution in [0.15, 0.2) is 26.8 Å². The van der Waals surface area contributed by atoms with Gasteiger partial charge in [0.1, 0.15) is 0 Å². The van der Waals surface area contributed by atoms with Crippen molar-refractivity contribution in [3.63, 3.8) is 0 Å².